The molecule has 25 heavy (non-hydrogen) atoms. The van der Waals surface area contributed by atoms with Crippen LogP contribution in [0.1, 0.15) is 21.6 Å². The number of aliphatic hydroxyl groups is 1. The molecule has 0 saturated carbocycles. The lowest BCUT2D eigenvalue weighted by Crippen LogP contribution is -2.04. The zero-order chi connectivity index (χ0) is 18.0. The van der Waals surface area contributed by atoms with Crippen molar-refractivity contribution in [3.05, 3.63) is 83.0 Å². The quantitative estimate of drug-likeness (QED) is 0.376. The van der Waals surface area contributed by atoms with E-state index in [-0.39, 0.29) is 11.4 Å². The molecular weight excluding hydrogens is 325 g/mol. The van der Waals surface area contributed by atoms with Crippen LogP contribution in [0, 0.1) is 5.82 Å². The Morgan fingerprint density at radius 1 is 1.08 bits per heavy atom. The number of carbonyl (C=O) groups excluding carboxylic acids is 1. The van der Waals surface area contributed by atoms with Gasteiger partial charge >= 0.3 is 5.97 Å². The summed E-state index contributed by atoms with van der Waals surface area (Å²) >= 11 is 0. The highest BCUT2D eigenvalue weighted by Crippen LogP contribution is 2.22. The molecule has 0 unspecified atom stereocenters. The number of carboxylic acids is 1. The van der Waals surface area contributed by atoms with E-state index in [1.54, 1.807) is 36.4 Å². The highest BCUT2D eigenvalue weighted by atomic mass is 19.1. The third-order valence-corrected chi connectivity index (χ3v) is 3.78. The molecule has 3 N–H and O–H groups in total. The van der Waals surface area contributed by atoms with Gasteiger partial charge in [-0.05, 0) is 29.8 Å². The average Bonchev–Trinajstić information content (AvgIpc) is 2.99. The number of aliphatic hydroxyl groups excluding tert-OH is 1. The van der Waals surface area contributed by atoms with Gasteiger partial charge in [0.2, 0.25) is 5.76 Å². The molecule has 6 heteroatoms. The number of aromatic nitrogens is 1. The van der Waals surface area contributed by atoms with Crippen LogP contribution < -0.4 is 0 Å². The minimum absolute atomic E-state index is 0.284. The summed E-state index contributed by atoms with van der Waals surface area (Å²) in [4.78, 5) is 26.1. The largest absolute Gasteiger partial charge is 0.502 e. The molecule has 0 bridgehead atoms. The number of hydrogen-bond donors (Lipinski definition) is 3. The number of aliphatic carboxylic acids is 1. The van der Waals surface area contributed by atoms with Gasteiger partial charge in [-0.25, -0.2) is 9.18 Å². The van der Waals surface area contributed by atoms with Crippen LogP contribution >= 0.6 is 0 Å². The van der Waals surface area contributed by atoms with Crippen LogP contribution in [-0.4, -0.2) is 26.9 Å². The first kappa shape index (κ1) is 16.4. The summed E-state index contributed by atoms with van der Waals surface area (Å²) < 4.78 is 13.0. The van der Waals surface area contributed by atoms with Crippen LogP contribution in [0.5, 0.6) is 0 Å². The number of carbonyl (C=O) groups is 2. The van der Waals surface area contributed by atoms with Crippen molar-refractivity contribution in [1.29, 1.82) is 0 Å². The number of H-pyrrole nitrogens is 1. The number of nitrogens with one attached hydrogen (secondary N) is 1. The number of benzene rings is 2. The zero-order valence-electron chi connectivity index (χ0n) is 13.0. The van der Waals surface area contributed by atoms with E-state index in [2.05, 4.69) is 4.98 Å². The van der Waals surface area contributed by atoms with Gasteiger partial charge in [-0.1, -0.05) is 24.3 Å². The van der Waals surface area contributed by atoms with Gasteiger partial charge in [0, 0.05) is 34.7 Å². The first-order valence-electron chi connectivity index (χ1n) is 7.47. The number of fused-ring (bicyclic) bond motifs is 1. The van der Waals surface area contributed by atoms with Crippen molar-refractivity contribution in [2.45, 2.75) is 6.42 Å². The molecule has 1 aromatic heterocycles. The van der Waals surface area contributed by atoms with Gasteiger partial charge in [-0.15, -0.1) is 0 Å². The maximum atomic E-state index is 13.0. The number of aromatic amines is 1. The number of halogens is 1. The second kappa shape index (κ2) is 6.60. The summed E-state index contributed by atoms with van der Waals surface area (Å²) in [7, 11) is 0. The highest BCUT2D eigenvalue weighted by Gasteiger charge is 2.14. The van der Waals surface area contributed by atoms with Crippen LogP contribution in [0.25, 0.3) is 10.9 Å². The smallest absolute Gasteiger partial charge is 0.371 e. The number of hydrogen-bond acceptors (Lipinski definition) is 3. The van der Waals surface area contributed by atoms with Crippen molar-refractivity contribution in [3.8, 4) is 0 Å². The zero-order valence-corrected chi connectivity index (χ0v) is 13.0. The minimum Gasteiger partial charge on any atom is -0.502 e. The summed E-state index contributed by atoms with van der Waals surface area (Å²) in [5.74, 6) is -3.48. The van der Waals surface area contributed by atoms with E-state index >= 15 is 0 Å². The molecule has 3 rings (SSSR count). The van der Waals surface area contributed by atoms with Crippen LogP contribution in [-0.2, 0) is 11.2 Å². The molecule has 0 aliphatic carbocycles. The molecule has 5 nitrogen and oxygen atoms in total. The fourth-order valence-electron chi connectivity index (χ4n) is 2.61. The number of carboxylic acid groups (broad SMARTS) is 1. The van der Waals surface area contributed by atoms with E-state index in [1.165, 1.54) is 12.1 Å². The van der Waals surface area contributed by atoms with Gasteiger partial charge in [0.1, 0.15) is 5.82 Å². The van der Waals surface area contributed by atoms with Gasteiger partial charge in [0.25, 0.3) is 0 Å². The van der Waals surface area contributed by atoms with Crippen LogP contribution in [0.15, 0.2) is 60.4 Å². The van der Waals surface area contributed by atoms with Crippen LogP contribution in [0.2, 0.25) is 0 Å². The van der Waals surface area contributed by atoms with Crippen molar-refractivity contribution in [2.24, 2.45) is 0 Å². The third-order valence-electron chi connectivity index (χ3n) is 3.78. The molecule has 126 valence electrons. The molecule has 0 fully saturated rings. The van der Waals surface area contributed by atoms with E-state index < -0.39 is 17.5 Å². The molecule has 0 aliphatic heterocycles. The Balaban J connectivity index is 1.95. The highest BCUT2D eigenvalue weighted by molar-refractivity contribution is 6.14. The van der Waals surface area contributed by atoms with Crippen molar-refractivity contribution >= 4 is 22.7 Å². The Kier molecular flexibility index (Phi) is 4.35. The Bertz CT molecular complexity index is 986. The molecule has 0 aliphatic rings. The van der Waals surface area contributed by atoms with E-state index in [0.29, 0.717) is 23.4 Å². The van der Waals surface area contributed by atoms with Crippen molar-refractivity contribution in [2.75, 3.05) is 0 Å². The fraction of sp³-hybridized carbons (Fsp3) is 0.0526. The van der Waals surface area contributed by atoms with Gasteiger partial charge in [-0.3, -0.25) is 4.79 Å². The second-order valence-corrected chi connectivity index (χ2v) is 5.56. The summed E-state index contributed by atoms with van der Waals surface area (Å²) in [6.07, 6.45) is 1.21. The normalized spacial score (nSPS) is 11.6. The van der Waals surface area contributed by atoms with Crippen LogP contribution in [0.4, 0.5) is 4.39 Å². The van der Waals surface area contributed by atoms with Crippen molar-refractivity contribution in [1.82, 2.24) is 4.98 Å². The fourth-order valence-corrected chi connectivity index (χ4v) is 2.61. The minimum atomic E-state index is -1.56. The number of allylic oxidation sites excluding steroid dienone is 1. The predicted molar refractivity (Wildman–Crippen MR) is 90.2 cm³/mol. The Hall–Kier alpha value is -3.41. The molecule has 0 spiro atoms. The Labute approximate surface area is 142 Å². The first-order valence-corrected chi connectivity index (χ1v) is 7.47. The lowest BCUT2D eigenvalue weighted by atomic mass is 10.0. The molecule has 1 heterocycles. The number of rotatable bonds is 5. The monoisotopic (exact) mass is 339 g/mol. The first-order chi connectivity index (χ1) is 11.9. The summed E-state index contributed by atoms with van der Waals surface area (Å²) in [5.41, 5.74) is 2.73. The molecule has 2 aromatic carbocycles. The molecular formula is C19H14FNO4. The molecule has 3 aromatic rings. The average molecular weight is 339 g/mol. The van der Waals surface area contributed by atoms with E-state index in [9.17, 15) is 19.1 Å². The molecule has 0 radical (unpaired) electrons. The van der Waals surface area contributed by atoms with Crippen molar-refractivity contribution in [3.63, 3.8) is 0 Å². The molecule has 0 amide bonds. The van der Waals surface area contributed by atoms with Gasteiger partial charge in [0.05, 0.1) is 0 Å². The topological polar surface area (TPSA) is 90.4 Å². The SMILES string of the molecule is O=C(O)C(O)=CC(=O)c1cccc2[nH]c(Cc3ccc(F)cc3)cc12. The van der Waals surface area contributed by atoms with Crippen LogP contribution in [0.3, 0.4) is 0 Å². The number of ketones is 1. The summed E-state index contributed by atoms with van der Waals surface area (Å²) in [6, 6.07) is 12.9. The molecule has 0 saturated heterocycles. The lowest BCUT2D eigenvalue weighted by molar-refractivity contribution is -0.135. The maximum Gasteiger partial charge on any atom is 0.371 e. The summed E-state index contributed by atoms with van der Waals surface area (Å²) in [6.45, 7) is 0. The molecule has 0 atom stereocenters. The summed E-state index contributed by atoms with van der Waals surface area (Å²) in [5, 5.41) is 18.6. The van der Waals surface area contributed by atoms with Crippen molar-refractivity contribution < 1.29 is 24.2 Å². The maximum absolute atomic E-state index is 13.0. The van der Waals surface area contributed by atoms with E-state index in [1.807, 2.05) is 0 Å². The van der Waals surface area contributed by atoms with Gasteiger partial charge < -0.3 is 15.2 Å². The Morgan fingerprint density at radius 2 is 1.80 bits per heavy atom. The lowest BCUT2D eigenvalue weighted by Gasteiger charge is -1.99. The Morgan fingerprint density at radius 3 is 2.48 bits per heavy atom. The van der Waals surface area contributed by atoms with Gasteiger partial charge in [0.15, 0.2) is 5.78 Å². The van der Waals surface area contributed by atoms with Gasteiger partial charge in [-0.2, -0.15) is 0 Å². The predicted octanol–water partition coefficient (Wildman–Crippen LogP) is 3.61. The van der Waals surface area contributed by atoms with E-state index in [4.69, 9.17) is 5.11 Å². The third kappa shape index (κ3) is 3.58. The standard InChI is InChI=1S/C19H14FNO4/c20-12-6-4-11(5-7-12)8-13-9-15-14(2-1-3-16(15)21-13)17(22)10-18(23)19(24)25/h1-7,9-10,21,23H,8H2,(H,24,25). The van der Waals surface area contributed by atoms with E-state index in [0.717, 1.165) is 11.3 Å². The second-order valence-electron chi connectivity index (χ2n) is 5.56.